The minimum absolute atomic E-state index is 0. The molecule has 0 saturated carbocycles. The van der Waals surface area contributed by atoms with E-state index in [9.17, 15) is 14.7 Å². The van der Waals surface area contributed by atoms with Gasteiger partial charge in [0.15, 0.2) is 0 Å². The molecule has 2 rings (SSSR count). The normalized spacial score (nSPS) is 10.8. The third kappa shape index (κ3) is 7.37. The molecule has 0 N–H and O–H groups in total. The maximum absolute atomic E-state index is 10.9. The van der Waals surface area contributed by atoms with E-state index in [0.717, 1.165) is 16.8 Å². The van der Waals surface area contributed by atoms with Gasteiger partial charge in [0.2, 0.25) is 0 Å². The van der Waals surface area contributed by atoms with Gasteiger partial charge in [-0.2, -0.15) is 0 Å². The molecular formula is C16H16NNa2O3P. The van der Waals surface area contributed by atoms with Gasteiger partial charge in [0.05, 0.1) is 5.30 Å². The van der Waals surface area contributed by atoms with E-state index < -0.39 is 7.94 Å². The van der Waals surface area contributed by atoms with Crippen LogP contribution < -0.4 is 84.0 Å². The Labute approximate surface area is 182 Å². The van der Waals surface area contributed by atoms with Crippen molar-refractivity contribution in [2.75, 3.05) is 19.0 Å². The van der Waals surface area contributed by atoms with Crippen molar-refractivity contribution >= 4 is 31.1 Å². The second-order valence-electron chi connectivity index (χ2n) is 4.91. The number of benzene rings is 2. The van der Waals surface area contributed by atoms with E-state index in [-0.39, 0.29) is 64.4 Å². The summed E-state index contributed by atoms with van der Waals surface area (Å²) in [5.74, 6) is 0. The molecule has 0 aliphatic carbocycles. The molecule has 110 valence electrons. The van der Waals surface area contributed by atoms with Crippen molar-refractivity contribution in [1.29, 1.82) is 0 Å². The van der Waals surface area contributed by atoms with Crippen LogP contribution in [0.3, 0.4) is 0 Å². The molecule has 0 aliphatic heterocycles. The zero-order valence-electron chi connectivity index (χ0n) is 13.9. The first-order chi connectivity index (χ1) is 9.86. The molecule has 23 heavy (non-hydrogen) atoms. The molecule has 0 bridgehead atoms. The predicted molar refractivity (Wildman–Crippen MR) is 82.7 cm³/mol. The fourth-order valence-electron chi connectivity index (χ4n) is 1.84. The van der Waals surface area contributed by atoms with Crippen LogP contribution in [0, 0.1) is 0 Å². The van der Waals surface area contributed by atoms with E-state index in [1.807, 2.05) is 55.4 Å². The Hall–Kier alpha value is 0.290. The maximum Gasteiger partial charge on any atom is 1.00 e. The molecule has 0 aliphatic rings. The van der Waals surface area contributed by atoms with Crippen molar-refractivity contribution in [1.82, 2.24) is 0 Å². The smallest absolute Gasteiger partial charge is 0.684 e. The second-order valence-corrected chi connectivity index (χ2v) is 6.42. The standard InChI is InChI=1S/C16H18NO3P.2Na/c1-17(2)15-9-5-13(6-10-15)3-4-14-7-11-16(12-8-14)21(18,19)20;;/h3-12H,1-2H3,(H2,18,19,20);;/q;2*+1/p-2/b4-3+;;. The zero-order valence-corrected chi connectivity index (χ0v) is 18.8. The largest absolute Gasteiger partial charge is 1.00 e. The third-order valence-corrected chi connectivity index (χ3v) is 4.02. The van der Waals surface area contributed by atoms with E-state index >= 15 is 0 Å². The summed E-state index contributed by atoms with van der Waals surface area (Å²) in [6.07, 6.45) is 3.80. The summed E-state index contributed by atoms with van der Waals surface area (Å²) in [6, 6.07) is 13.9. The molecule has 0 heterocycles. The van der Waals surface area contributed by atoms with Gasteiger partial charge in [-0.3, -0.25) is 0 Å². The maximum atomic E-state index is 10.9. The van der Waals surface area contributed by atoms with Crippen molar-refractivity contribution < 1.29 is 73.8 Å². The summed E-state index contributed by atoms with van der Waals surface area (Å²) in [5, 5.41) is -0.185. The summed E-state index contributed by atoms with van der Waals surface area (Å²) in [6.45, 7) is 0. The van der Waals surface area contributed by atoms with Crippen LogP contribution in [0.25, 0.3) is 12.2 Å². The van der Waals surface area contributed by atoms with Gasteiger partial charge in [-0.05, 0) is 35.4 Å². The first-order valence-electron chi connectivity index (χ1n) is 6.44. The van der Waals surface area contributed by atoms with Gasteiger partial charge < -0.3 is 19.6 Å². The van der Waals surface area contributed by atoms with Crippen LogP contribution in [0.1, 0.15) is 11.1 Å². The Balaban J connectivity index is 0.00000242. The van der Waals surface area contributed by atoms with Gasteiger partial charge in [-0.1, -0.05) is 36.4 Å². The Morgan fingerprint density at radius 2 is 1.13 bits per heavy atom. The van der Waals surface area contributed by atoms with E-state index in [1.165, 1.54) is 12.1 Å². The molecule has 0 amide bonds. The Morgan fingerprint density at radius 1 is 0.739 bits per heavy atom. The summed E-state index contributed by atoms with van der Waals surface area (Å²) in [7, 11) is -0.692. The minimum atomic E-state index is -4.66. The Bertz CT molecular complexity index is 623. The molecule has 0 saturated heterocycles. The Kier molecular flexibility index (Phi) is 10.4. The van der Waals surface area contributed by atoms with Crippen LogP contribution in [0.5, 0.6) is 0 Å². The number of rotatable bonds is 4. The molecular weight excluding hydrogens is 331 g/mol. The molecule has 4 nitrogen and oxygen atoms in total. The van der Waals surface area contributed by atoms with Crippen molar-refractivity contribution in [3.05, 3.63) is 59.7 Å². The van der Waals surface area contributed by atoms with Crippen molar-refractivity contribution in [3.8, 4) is 0 Å². The second kappa shape index (κ2) is 10.3. The Morgan fingerprint density at radius 3 is 1.48 bits per heavy atom. The van der Waals surface area contributed by atoms with Crippen molar-refractivity contribution in [2.45, 2.75) is 0 Å². The zero-order chi connectivity index (χ0) is 15.5. The SMILES string of the molecule is CN(C)c1ccc(/C=C/c2ccc([P+]([O-])([O-])[O-])cc2)cc1.[Na+].[Na+]. The van der Waals surface area contributed by atoms with E-state index in [1.54, 1.807) is 12.1 Å². The molecule has 0 aromatic heterocycles. The summed E-state index contributed by atoms with van der Waals surface area (Å²) in [4.78, 5) is 34.6. The van der Waals surface area contributed by atoms with E-state index in [4.69, 9.17) is 0 Å². The molecule has 2 aromatic rings. The number of nitrogens with zero attached hydrogens (tertiary/aromatic N) is 1. The van der Waals surface area contributed by atoms with E-state index in [2.05, 4.69) is 0 Å². The molecule has 0 spiro atoms. The molecule has 7 heteroatoms. The van der Waals surface area contributed by atoms with Crippen molar-refractivity contribution in [3.63, 3.8) is 0 Å². The summed E-state index contributed by atoms with van der Waals surface area (Å²) >= 11 is 0. The summed E-state index contributed by atoms with van der Waals surface area (Å²) < 4.78 is 0. The van der Waals surface area contributed by atoms with Gasteiger partial charge in [-0.15, -0.1) is 7.94 Å². The van der Waals surface area contributed by atoms with Crippen LogP contribution in [0.4, 0.5) is 5.69 Å². The first kappa shape index (κ1) is 23.3. The average molecular weight is 347 g/mol. The fraction of sp³-hybridized carbons (Fsp3) is 0.125. The van der Waals surface area contributed by atoms with Crippen LogP contribution >= 0.6 is 7.94 Å². The topological polar surface area (TPSA) is 72.4 Å². The number of anilines is 1. The third-order valence-electron chi connectivity index (χ3n) is 3.09. The van der Waals surface area contributed by atoms with Gasteiger partial charge in [-0.25, -0.2) is 0 Å². The van der Waals surface area contributed by atoms with Gasteiger partial charge in [0.1, 0.15) is 0 Å². The monoisotopic (exact) mass is 347 g/mol. The number of hydrogen-bond donors (Lipinski definition) is 0. The first-order valence-corrected chi connectivity index (χ1v) is 7.99. The molecule has 0 unspecified atom stereocenters. The van der Waals surface area contributed by atoms with Crippen LogP contribution in [0.15, 0.2) is 48.5 Å². The molecule has 2 aromatic carbocycles. The van der Waals surface area contributed by atoms with Gasteiger partial charge in [0, 0.05) is 19.8 Å². The molecule has 0 radical (unpaired) electrons. The van der Waals surface area contributed by atoms with Gasteiger partial charge >= 0.3 is 59.1 Å². The molecule has 0 fully saturated rings. The summed E-state index contributed by atoms with van der Waals surface area (Å²) in [5.41, 5.74) is 3.00. The molecule has 0 atom stereocenters. The van der Waals surface area contributed by atoms with Gasteiger partial charge in [0.25, 0.3) is 0 Å². The van der Waals surface area contributed by atoms with E-state index in [0.29, 0.717) is 0 Å². The van der Waals surface area contributed by atoms with Crippen LogP contribution in [-0.4, -0.2) is 14.1 Å². The van der Waals surface area contributed by atoms with Crippen molar-refractivity contribution in [2.24, 2.45) is 0 Å². The minimum Gasteiger partial charge on any atom is -0.684 e. The fourth-order valence-corrected chi connectivity index (χ4v) is 2.36. The van der Waals surface area contributed by atoms with Crippen LogP contribution in [0.2, 0.25) is 0 Å². The van der Waals surface area contributed by atoms with Crippen LogP contribution in [-0.2, 0) is 0 Å². The predicted octanol–water partition coefficient (Wildman–Crippen LogP) is -5.60. The average Bonchev–Trinajstić information content (AvgIpc) is 2.45. The number of hydrogen-bond acceptors (Lipinski definition) is 4. The quantitative estimate of drug-likeness (QED) is 0.314.